The molecule has 1 heterocycles. The third kappa shape index (κ3) is 2.35. The molecule has 22 heavy (non-hydrogen) atoms. The van der Waals surface area contributed by atoms with E-state index in [-0.39, 0.29) is 5.69 Å². The molecule has 0 amide bonds. The molecule has 0 saturated carbocycles. The quantitative estimate of drug-likeness (QED) is 0.547. The van der Waals surface area contributed by atoms with Crippen molar-refractivity contribution in [2.45, 2.75) is 0 Å². The van der Waals surface area contributed by atoms with Gasteiger partial charge < -0.3 is 4.90 Å². The summed E-state index contributed by atoms with van der Waals surface area (Å²) < 4.78 is 0. The first kappa shape index (κ1) is 13.9. The van der Waals surface area contributed by atoms with Crippen LogP contribution in [0, 0.1) is 10.1 Å². The van der Waals surface area contributed by atoms with Crippen molar-refractivity contribution in [1.29, 1.82) is 0 Å². The Bertz CT molecular complexity index is 862. The molecular weight excluding hydrogens is 280 g/mol. The van der Waals surface area contributed by atoms with Gasteiger partial charge in [0.15, 0.2) is 5.82 Å². The van der Waals surface area contributed by atoms with Gasteiger partial charge in [0.1, 0.15) is 5.82 Å². The Morgan fingerprint density at radius 1 is 1.00 bits per heavy atom. The van der Waals surface area contributed by atoms with Gasteiger partial charge in [-0.3, -0.25) is 10.1 Å². The predicted molar refractivity (Wildman–Crippen MR) is 86.0 cm³/mol. The van der Waals surface area contributed by atoms with Crippen LogP contribution in [0.25, 0.3) is 22.3 Å². The van der Waals surface area contributed by atoms with E-state index in [0.717, 1.165) is 16.7 Å². The Balaban J connectivity index is 2.31. The molecule has 0 atom stereocenters. The summed E-state index contributed by atoms with van der Waals surface area (Å²) in [6, 6.07) is 14.1. The third-order valence-electron chi connectivity index (χ3n) is 3.35. The highest BCUT2D eigenvalue weighted by molar-refractivity contribution is 5.91. The minimum absolute atomic E-state index is 0.00230. The molecule has 0 radical (unpaired) electrons. The number of para-hydroxylation sites is 2. The number of benzene rings is 2. The molecule has 3 rings (SSSR count). The molecule has 0 aliphatic heterocycles. The van der Waals surface area contributed by atoms with Crippen LogP contribution in [0.4, 0.5) is 11.5 Å². The lowest BCUT2D eigenvalue weighted by atomic mass is 10.1. The van der Waals surface area contributed by atoms with Gasteiger partial charge in [0, 0.05) is 25.5 Å². The van der Waals surface area contributed by atoms with Crippen molar-refractivity contribution in [2.24, 2.45) is 0 Å². The van der Waals surface area contributed by atoms with Gasteiger partial charge in [0.05, 0.1) is 16.0 Å². The fraction of sp³-hybridized carbons (Fsp3) is 0.125. The van der Waals surface area contributed by atoms with Gasteiger partial charge >= 0.3 is 0 Å². The Labute approximate surface area is 127 Å². The van der Waals surface area contributed by atoms with Crippen LogP contribution in [0.1, 0.15) is 0 Å². The first-order chi connectivity index (χ1) is 10.6. The third-order valence-corrected chi connectivity index (χ3v) is 3.35. The number of nitro benzene ring substituents is 1. The summed E-state index contributed by atoms with van der Waals surface area (Å²) in [4.78, 5) is 21.7. The Hall–Kier alpha value is -3.02. The van der Waals surface area contributed by atoms with E-state index in [1.54, 1.807) is 18.2 Å². The van der Waals surface area contributed by atoms with Crippen LogP contribution in [0.2, 0.25) is 0 Å². The number of nitrogens with zero attached hydrogens (tertiary/aromatic N) is 4. The number of anilines is 1. The molecule has 0 unspecified atom stereocenters. The smallest absolute Gasteiger partial charge is 0.280 e. The summed E-state index contributed by atoms with van der Waals surface area (Å²) in [6.07, 6.45) is 0. The van der Waals surface area contributed by atoms with Gasteiger partial charge in [0.2, 0.25) is 0 Å². The van der Waals surface area contributed by atoms with Crippen molar-refractivity contribution in [3.63, 3.8) is 0 Å². The summed E-state index contributed by atoms with van der Waals surface area (Å²) in [6.45, 7) is 0. The highest BCUT2D eigenvalue weighted by atomic mass is 16.6. The average molecular weight is 294 g/mol. The van der Waals surface area contributed by atoms with Gasteiger partial charge in [-0.2, -0.15) is 0 Å². The minimum atomic E-state index is -0.413. The largest absolute Gasteiger partial charge is 0.362 e. The summed E-state index contributed by atoms with van der Waals surface area (Å²) >= 11 is 0. The molecule has 2 aromatic carbocycles. The molecule has 1 aromatic heterocycles. The maximum Gasteiger partial charge on any atom is 0.280 e. The van der Waals surface area contributed by atoms with E-state index in [1.165, 1.54) is 6.07 Å². The van der Waals surface area contributed by atoms with Crippen LogP contribution in [0.5, 0.6) is 0 Å². The van der Waals surface area contributed by atoms with E-state index in [4.69, 9.17) is 0 Å². The van der Waals surface area contributed by atoms with Gasteiger partial charge in [-0.15, -0.1) is 0 Å². The Morgan fingerprint density at radius 3 is 2.41 bits per heavy atom. The highest BCUT2D eigenvalue weighted by Crippen LogP contribution is 2.31. The summed E-state index contributed by atoms with van der Waals surface area (Å²) in [5.41, 5.74) is 1.18. The van der Waals surface area contributed by atoms with E-state index in [2.05, 4.69) is 9.97 Å². The molecule has 6 heteroatoms. The molecule has 0 saturated heterocycles. The monoisotopic (exact) mass is 294 g/mol. The van der Waals surface area contributed by atoms with Crippen LogP contribution in [0.15, 0.2) is 48.5 Å². The summed E-state index contributed by atoms with van der Waals surface area (Å²) in [7, 11) is 3.77. The number of nitro groups is 1. The molecule has 110 valence electrons. The first-order valence-corrected chi connectivity index (χ1v) is 6.76. The lowest BCUT2D eigenvalue weighted by molar-refractivity contribution is -0.384. The number of aromatic nitrogens is 2. The number of rotatable bonds is 3. The topological polar surface area (TPSA) is 72.2 Å². The minimum Gasteiger partial charge on any atom is -0.362 e. The molecule has 3 aromatic rings. The van der Waals surface area contributed by atoms with Gasteiger partial charge in [0.25, 0.3) is 5.69 Å². The van der Waals surface area contributed by atoms with E-state index in [0.29, 0.717) is 11.4 Å². The predicted octanol–water partition coefficient (Wildman–Crippen LogP) is 3.27. The maximum atomic E-state index is 11.2. The molecule has 0 aliphatic carbocycles. The number of hydrogen-bond acceptors (Lipinski definition) is 5. The lowest BCUT2D eigenvalue weighted by Gasteiger charge is -2.15. The van der Waals surface area contributed by atoms with Crippen LogP contribution in [-0.2, 0) is 0 Å². The lowest BCUT2D eigenvalue weighted by Crippen LogP contribution is -2.12. The van der Waals surface area contributed by atoms with E-state index < -0.39 is 4.92 Å². The fourth-order valence-electron chi connectivity index (χ4n) is 2.34. The normalized spacial score (nSPS) is 10.6. The van der Waals surface area contributed by atoms with Crippen molar-refractivity contribution in [3.8, 4) is 11.4 Å². The zero-order valence-corrected chi connectivity index (χ0v) is 12.2. The maximum absolute atomic E-state index is 11.2. The second-order valence-corrected chi connectivity index (χ2v) is 5.06. The highest BCUT2D eigenvalue weighted by Gasteiger charge is 2.18. The molecule has 0 aliphatic rings. The van der Waals surface area contributed by atoms with Crippen LogP contribution < -0.4 is 4.90 Å². The van der Waals surface area contributed by atoms with Crippen molar-refractivity contribution in [1.82, 2.24) is 9.97 Å². The van der Waals surface area contributed by atoms with Crippen molar-refractivity contribution < 1.29 is 4.92 Å². The Kier molecular flexibility index (Phi) is 3.42. The second-order valence-electron chi connectivity index (χ2n) is 5.06. The van der Waals surface area contributed by atoms with Crippen LogP contribution in [-0.4, -0.2) is 29.0 Å². The van der Waals surface area contributed by atoms with E-state index in [1.807, 2.05) is 43.3 Å². The van der Waals surface area contributed by atoms with Crippen molar-refractivity contribution >= 4 is 22.4 Å². The summed E-state index contributed by atoms with van der Waals surface area (Å²) in [5, 5.41) is 12.1. The van der Waals surface area contributed by atoms with E-state index in [9.17, 15) is 10.1 Å². The number of fused-ring (bicyclic) bond motifs is 1. The SMILES string of the molecule is CN(C)c1nc(-c2ccccc2[N+](=O)[O-])nc2ccccc12. The zero-order chi connectivity index (χ0) is 15.7. The van der Waals surface area contributed by atoms with Gasteiger partial charge in [-0.05, 0) is 18.2 Å². The van der Waals surface area contributed by atoms with Gasteiger partial charge in [-0.25, -0.2) is 9.97 Å². The fourth-order valence-corrected chi connectivity index (χ4v) is 2.34. The van der Waals surface area contributed by atoms with Crippen LogP contribution >= 0.6 is 0 Å². The van der Waals surface area contributed by atoms with Crippen LogP contribution in [0.3, 0.4) is 0 Å². The van der Waals surface area contributed by atoms with E-state index >= 15 is 0 Å². The van der Waals surface area contributed by atoms with Crippen molar-refractivity contribution in [2.75, 3.05) is 19.0 Å². The summed E-state index contributed by atoms with van der Waals surface area (Å²) in [5.74, 6) is 1.09. The molecule has 0 N–H and O–H groups in total. The zero-order valence-electron chi connectivity index (χ0n) is 12.2. The Morgan fingerprint density at radius 2 is 1.68 bits per heavy atom. The molecule has 6 nitrogen and oxygen atoms in total. The molecule has 0 bridgehead atoms. The molecule has 0 fully saturated rings. The average Bonchev–Trinajstić information content (AvgIpc) is 2.53. The molecular formula is C16H14N4O2. The molecule has 0 spiro atoms. The van der Waals surface area contributed by atoms with Crippen molar-refractivity contribution in [3.05, 3.63) is 58.6 Å². The standard InChI is InChI=1S/C16H14N4O2/c1-19(2)16-11-7-3-5-9-13(11)17-15(18-16)12-8-4-6-10-14(12)20(21)22/h3-10H,1-2H3. The second kappa shape index (κ2) is 5.40. The first-order valence-electron chi connectivity index (χ1n) is 6.76. The number of hydrogen-bond donors (Lipinski definition) is 0. The van der Waals surface area contributed by atoms with Gasteiger partial charge in [-0.1, -0.05) is 24.3 Å².